The van der Waals surface area contributed by atoms with E-state index in [0.29, 0.717) is 26.2 Å². The number of rotatable bonds is 5. The van der Waals surface area contributed by atoms with Crippen LogP contribution in [0.4, 0.5) is 4.79 Å². The highest BCUT2D eigenvalue weighted by Crippen LogP contribution is 1.99. The Bertz CT molecular complexity index is 447. The SMILES string of the molecule is CCOC(=O)NS(=O)(=O)N(C)CC(=O)N1CCNCC1. The minimum atomic E-state index is -4.07. The minimum Gasteiger partial charge on any atom is -0.449 e. The fourth-order valence-electron chi connectivity index (χ4n) is 1.63. The first-order valence-electron chi connectivity index (χ1n) is 6.26. The summed E-state index contributed by atoms with van der Waals surface area (Å²) in [6.45, 7) is 3.74. The standard InChI is InChI=1S/C10H20N4O5S/c1-3-19-10(16)12-20(17,18)13(2)8-9(15)14-6-4-11-5-7-14/h11H,3-8H2,1-2H3,(H,12,16). The van der Waals surface area contributed by atoms with Gasteiger partial charge in [0.25, 0.3) is 0 Å². The van der Waals surface area contributed by atoms with E-state index in [1.807, 2.05) is 0 Å². The largest absolute Gasteiger partial charge is 0.449 e. The van der Waals surface area contributed by atoms with Crippen molar-refractivity contribution in [2.24, 2.45) is 0 Å². The monoisotopic (exact) mass is 308 g/mol. The van der Waals surface area contributed by atoms with Crippen molar-refractivity contribution in [3.05, 3.63) is 0 Å². The molecule has 1 saturated heterocycles. The first-order valence-corrected chi connectivity index (χ1v) is 7.70. The van der Waals surface area contributed by atoms with Crippen LogP contribution in [-0.4, -0.2) is 76.0 Å². The van der Waals surface area contributed by atoms with Gasteiger partial charge in [-0.1, -0.05) is 0 Å². The van der Waals surface area contributed by atoms with E-state index in [4.69, 9.17) is 0 Å². The van der Waals surface area contributed by atoms with Crippen LogP contribution in [0.3, 0.4) is 0 Å². The lowest BCUT2D eigenvalue weighted by Gasteiger charge is -2.28. The van der Waals surface area contributed by atoms with Crippen molar-refractivity contribution in [2.75, 3.05) is 46.4 Å². The van der Waals surface area contributed by atoms with Crippen LogP contribution < -0.4 is 10.0 Å². The molecule has 1 fully saturated rings. The van der Waals surface area contributed by atoms with Crippen LogP contribution >= 0.6 is 0 Å². The number of carbonyl (C=O) groups is 2. The number of piperazine rings is 1. The Kier molecular flexibility index (Phi) is 6.17. The van der Waals surface area contributed by atoms with Gasteiger partial charge >= 0.3 is 16.3 Å². The highest BCUT2D eigenvalue weighted by atomic mass is 32.2. The number of nitrogens with zero attached hydrogens (tertiary/aromatic N) is 2. The third kappa shape index (κ3) is 4.94. The number of carbonyl (C=O) groups excluding carboxylic acids is 2. The second-order valence-electron chi connectivity index (χ2n) is 4.21. The molecule has 20 heavy (non-hydrogen) atoms. The fraction of sp³-hybridized carbons (Fsp3) is 0.800. The lowest BCUT2D eigenvalue weighted by molar-refractivity contribution is -0.131. The number of hydrogen-bond acceptors (Lipinski definition) is 6. The molecule has 1 rings (SSSR count). The Morgan fingerprint density at radius 1 is 1.35 bits per heavy atom. The van der Waals surface area contributed by atoms with Crippen molar-refractivity contribution in [3.63, 3.8) is 0 Å². The average molecular weight is 308 g/mol. The first kappa shape index (κ1) is 16.7. The van der Waals surface area contributed by atoms with Crippen molar-refractivity contribution in [3.8, 4) is 0 Å². The van der Waals surface area contributed by atoms with Gasteiger partial charge in [-0.05, 0) is 6.92 Å². The van der Waals surface area contributed by atoms with E-state index in [0.717, 1.165) is 4.31 Å². The highest BCUT2D eigenvalue weighted by molar-refractivity contribution is 7.87. The van der Waals surface area contributed by atoms with E-state index >= 15 is 0 Å². The van der Waals surface area contributed by atoms with Crippen molar-refractivity contribution in [1.29, 1.82) is 0 Å². The summed E-state index contributed by atoms with van der Waals surface area (Å²) < 4.78 is 30.5. The molecule has 10 heteroatoms. The minimum absolute atomic E-state index is 0.0603. The molecule has 0 aromatic rings. The molecule has 9 nitrogen and oxygen atoms in total. The number of hydrogen-bond donors (Lipinski definition) is 2. The molecule has 0 saturated carbocycles. The van der Waals surface area contributed by atoms with Gasteiger partial charge in [0, 0.05) is 33.2 Å². The van der Waals surface area contributed by atoms with Crippen molar-refractivity contribution in [1.82, 2.24) is 19.2 Å². The second-order valence-corrected chi connectivity index (χ2v) is 5.99. The highest BCUT2D eigenvalue weighted by Gasteiger charge is 2.26. The molecule has 0 radical (unpaired) electrons. The Morgan fingerprint density at radius 2 is 1.95 bits per heavy atom. The van der Waals surface area contributed by atoms with Crippen LogP contribution in [0.25, 0.3) is 0 Å². The Balaban J connectivity index is 2.53. The van der Waals surface area contributed by atoms with Gasteiger partial charge < -0.3 is 15.0 Å². The van der Waals surface area contributed by atoms with Crippen LogP contribution in [0, 0.1) is 0 Å². The van der Waals surface area contributed by atoms with Gasteiger partial charge in [0.2, 0.25) is 5.91 Å². The summed E-state index contributed by atoms with van der Waals surface area (Å²) in [6, 6.07) is 0. The molecule has 1 aliphatic heterocycles. The molecule has 0 unspecified atom stereocenters. The molecule has 0 atom stereocenters. The summed E-state index contributed by atoms with van der Waals surface area (Å²) in [5.41, 5.74) is 0. The van der Waals surface area contributed by atoms with Crippen LogP contribution in [0.5, 0.6) is 0 Å². The number of amides is 2. The van der Waals surface area contributed by atoms with E-state index in [2.05, 4.69) is 10.1 Å². The zero-order valence-electron chi connectivity index (χ0n) is 11.6. The molecule has 2 N–H and O–H groups in total. The molecule has 1 heterocycles. The molecule has 0 bridgehead atoms. The van der Waals surface area contributed by atoms with Crippen molar-refractivity contribution in [2.45, 2.75) is 6.92 Å². The maximum absolute atomic E-state index is 11.9. The number of ether oxygens (including phenoxy) is 1. The molecule has 1 aliphatic rings. The first-order chi connectivity index (χ1) is 9.36. The van der Waals surface area contributed by atoms with Gasteiger partial charge in [-0.15, -0.1) is 0 Å². The maximum atomic E-state index is 11.9. The molecular formula is C10H20N4O5S. The molecule has 0 aliphatic carbocycles. The third-order valence-corrected chi connectivity index (χ3v) is 4.10. The molecule has 0 aromatic heterocycles. The summed E-state index contributed by atoms with van der Waals surface area (Å²) in [6.07, 6.45) is -1.06. The van der Waals surface area contributed by atoms with E-state index < -0.39 is 16.3 Å². The van der Waals surface area contributed by atoms with Gasteiger partial charge in [-0.25, -0.2) is 9.52 Å². The smallest absolute Gasteiger partial charge is 0.421 e. The molecule has 2 amide bonds. The molecule has 116 valence electrons. The van der Waals surface area contributed by atoms with E-state index in [9.17, 15) is 18.0 Å². The summed E-state index contributed by atoms with van der Waals surface area (Å²) in [7, 11) is -2.85. The lowest BCUT2D eigenvalue weighted by atomic mass is 10.3. The quantitative estimate of drug-likeness (QED) is 0.629. The van der Waals surface area contributed by atoms with E-state index in [1.165, 1.54) is 7.05 Å². The van der Waals surface area contributed by atoms with Gasteiger partial charge in [-0.2, -0.15) is 12.7 Å². The Labute approximate surface area is 118 Å². The summed E-state index contributed by atoms with van der Waals surface area (Å²) in [5.74, 6) is -0.303. The number of likely N-dealkylation sites (N-methyl/N-ethyl adjacent to an activating group) is 1. The second kappa shape index (κ2) is 7.41. The Hall–Kier alpha value is -1.39. The van der Waals surface area contributed by atoms with Crippen molar-refractivity contribution < 1.29 is 22.7 Å². The lowest BCUT2D eigenvalue weighted by Crippen LogP contribution is -2.51. The maximum Gasteiger partial charge on any atom is 0.421 e. The van der Waals surface area contributed by atoms with Gasteiger partial charge in [0.15, 0.2) is 0 Å². The molecule has 0 spiro atoms. The van der Waals surface area contributed by atoms with E-state index in [1.54, 1.807) is 16.5 Å². The third-order valence-electron chi connectivity index (χ3n) is 2.73. The Morgan fingerprint density at radius 3 is 2.50 bits per heavy atom. The van der Waals surface area contributed by atoms with Crippen molar-refractivity contribution >= 4 is 22.2 Å². The topological polar surface area (TPSA) is 108 Å². The number of nitrogens with one attached hydrogen (secondary N) is 2. The van der Waals surface area contributed by atoms with Crippen LogP contribution in [-0.2, 0) is 19.7 Å². The fourth-order valence-corrected chi connectivity index (χ4v) is 2.34. The van der Waals surface area contributed by atoms with Gasteiger partial charge in [-0.3, -0.25) is 4.79 Å². The zero-order chi connectivity index (χ0) is 15.2. The van der Waals surface area contributed by atoms with Crippen LogP contribution in [0.15, 0.2) is 0 Å². The predicted octanol–water partition coefficient (Wildman–Crippen LogP) is -1.66. The van der Waals surface area contributed by atoms with Gasteiger partial charge in [0.1, 0.15) is 0 Å². The average Bonchev–Trinajstić information content (AvgIpc) is 2.39. The van der Waals surface area contributed by atoms with Gasteiger partial charge in [0.05, 0.1) is 13.2 Å². The normalized spacial score (nSPS) is 16.1. The predicted molar refractivity (Wildman–Crippen MR) is 71.2 cm³/mol. The summed E-state index contributed by atoms with van der Waals surface area (Å²) in [5, 5.41) is 3.09. The van der Waals surface area contributed by atoms with E-state index in [-0.39, 0.29) is 19.1 Å². The molecule has 0 aromatic carbocycles. The van der Waals surface area contributed by atoms with Crippen LogP contribution in [0.2, 0.25) is 0 Å². The zero-order valence-corrected chi connectivity index (χ0v) is 12.4. The van der Waals surface area contributed by atoms with Crippen LogP contribution in [0.1, 0.15) is 6.92 Å². The summed E-state index contributed by atoms with van der Waals surface area (Å²) >= 11 is 0. The summed E-state index contributed by atoms with van der Waals surface area (Å²) in [4.78, 5) is 24.6. The molecular weight excluding hydrogens is 288 g/mol.